The Morgan fingerprint density at radius 3 is 2.65 bits per heavy atom. The molecule has 5 nitrogen and oxygen atoms in total. The van der Waals surface area contributed by atoms with Crippen molar-refractivity contribution in [3.8, 4) is 0 Å². The fraction of sp³-hybridized carbons (Fsp3) is 0.583. The van der Waals surface area contributed by atoms with Crippen molar-refractivity contribution >= 4 is 17.8 Å². The highest BCUT2D eigenvalue weighted by molar-refractivity contribution is 6.15. The maximum Gasteiger partial charge on any atom is 0.307 e. The van der Waals surface area contributed by atoms with Gasteiger partial charge in [-0.05, 0) is 13.3 Å². The molecule has 0 saturated heterocycles. The van der Waals surface area contributed by atoms with Gasteiger partial charge in [0.1, 0.15) is 0 Å². The molecule has 0 fully saturated rings. The van der Waals surface area contributed by atoms with E-state index in [1.54, 1.807) is 6.92 Å². The Hall–Kier alpha value is -1.65. The first-order valence-corrected chi connectivity index (χ1v) is 5.76. The lowest BCUT2D eigenvalue weighted by molar-refractivity contribution is -0.145. The zero-order chi connectivity index (χ0) is 12.8. The molecular weight excluding hydrogens is 222 g/mol. The average Bonchev–Trinajstić information content (AvgIpc) is 2.51. The third kappa shape index (κ3) is 3.69. The van der Waals surface area contributed by atoms with Crippen molar-refractivity contribution in [2.45, 2.75) is 33.1 Å². The van der Waals surface area contributed by atoms with Gasteiger partial charge in [-0.25, -0.2) is 0 Å². The van der Waals surface area contributed by atoms with Crippen molar-refractivity contribution in [1.29, 1.82) is 0 Å². The van der Waals surface area contributed by atoms with Crippen LogP contribution >= 0.6 is 0 Å². The van der Waals surface area contributed by atoms with Gasteiger partial charge in [-0.3, -0.25) is 19.3 Å². The van der Waals surface area contributed by atoms with Gasteiger partial charge in [0.25, 0.3) is 11.8 Å². The summed E-state index contributed by atoms with van der Waals surface area (Å²) in [5.41, 5.74) is 0.411. The van der Waals surface area contributed by atoms with Crippen molar-refractivity contribution in [1.82, 2.24) is 4.90 Å². The summed E-state index contributed by atoms with van der Waals surface area (Å²) in [6, 6.07) is 0. The Morgan fingerprint density at radius 2 is 2.12 bits per heavy atom. The van der Waals surface area contributed by atoms with Crippen LogP contribution in [0.3, 0.4) is 0 Å². The van der Waals surface area contributed by atoms with Crippen LogP contribution in [0.2, 0.25) is 0 Å². The summed E-state index contributed by atoms with van der Waals surface area (Å²) in [6.07, 6.45) is 3.13. The topological polar surface area (TPSA) is 63.7 Å². The second kappa shape index (κ2) is 6.18. The van der Waals surface area contributed by atoms with E-state index >= 15 is 0 Å². The SMILES string of the molecule is CCCCOC(=O)CCN1C(=O)C=C(C)C1=O. The highest BCUT2D eigenvalue weighted by atomic mass is 16.5. The molecule has 1 heterocycles. The van der Waals surface area contributed by atoms with Gasteiger partial charge < -0.3 is 4.74 Å². The first-order chi connectivity index (χ1) is 8.06. The van der Waals surface area contributed by atoms with Crippen molar-refractivity contribution in [2.24, 2.45) is 0 Å². The highest BCUT2D eigenvalue weighted by Crippen LogP contribution is 2.12. The molecule has 0 spiro atoms. The summed E-state index contributed by atoms with van der Waals surface area (Å²) in [5.74, 6) is -1.05. The number of carbonyl (C=O) groups excluding carboxylic acids is 3. The van der Waals surface area contributed by atoms with Gasteiger partial charge in [0.2, 0.25) is 0 Å². The third-order valence-corrected chi connectivity index (χ3v) is 2.49. The van der Waals surface area contributed by atoms with Crippen LogP contribution in [0.25, 0.3) is 0 Å². The van der Waals surface area contributed by atoms with Gasteiger partial charge in [-0.15, -0.1) is 0 Å². The van der Waals surface area contributed by atoms with Crippen molar-refractivity contribution in [3.63, 3.8) is 0 Å². The predicted octanol–water partition coefficient (Wildman–Crippen LogP) is 1.03. The number of ether oxygens (including phenoxy) is 1. The van der Waals surface area contributed by atoms with Crippen LogP contribution in [0, 0.1) is 0 Å². The van der Waals surface area contributed by atoms with Crippen LogP contribution in [-0.2, 0) is 19.1 Å². The minimum atomic E-state index is -0.372. The normalized spacial score (nSPS) is 15.2. The zero-order valence-electron chi connectivity index (χ0n) is 10.2. The standard InChI is InChI=1S/C12H17NO4/c1-3-4-7-17-11(15)5-6-13-10(14)8-9(2)12(13)16/h8H,3-7H2,1-2H3. The molecule has 0 radical (unpaired) electrons. The van der Waals surface area contributed by atoms with E-state index in [-0.39, 0.29) is 30.7 Å². The Balaban J connectivity index is 2.30. The van der Waals surface area contributed by atoms with E-state index in [1.165, 1.54) is 6.08 Å². The Morgan fingerprint density at radius 1 is 1.41 bits per heavy atom. The second-order valence-corrected chi connectivity index (χ2v) is 3.95. The van der Waals surface area contributed by atoms with E-state index in [4.69, 9.17) is 4.74 Å². The number of hydrogen-bond acceptors (Lipinski definition) is 4. The van der Waals surface area contributed by atoms with Gasteiger partial charge in [0.15, 0.2) is 0 Å². The Bertz CT molecular complexity index is 360. The van der Waals surface area contributed by atoms with E-state index < -0.39 is 0 Å². The van der Waals surface area contributed by atoms with E-state index in [2.05, 4.69) is 0 Å². The van der Waals surface area contributed by atoms with Gasteiger partial charge in [0, 0.05) is 18.2 Å². The molecule has 94 valence electrons. The lowest BCUT2D eigenvalue weighted by Gasteiger charge is -2.13. The minimum Gasteiger partial charge on any atom is -0.466 e. The van der Waals surface area contributed by atoms with E-state index in [9.17, 15) is 14.4 Å². The second-order valence-electron chi connectivity index (χ2n) is 3.95. The molecule has 5 heteroatoms. The molecule has 0 aromatic heterocycles. The molecule has 1 rings (SSSR count). The summed E-state index contributed by atoms with van der Waals surface area (Å²) in [7, 11) is 0. The lowest BCUT2D eigenvalue weighted by Crippen LogP contribution is -2.33. The summed E-state index contributed by atoms with van der Waals surface area (Å²) >= 11 is 0. The Labute approximate surface area is 100 Å². The molecule has 0 saturated carbocycles. The smallest absolute Gasteiger partial charge is 0.307 e. The summed E-state index contributed by atoms with van der Waals surface area (Å²) in [6.45, 7) is 4.08. The molecule has 1 aliphatic heterocycles. The number of carbonyl (C=O) groups is 3. The fourth-order valence-corrected chi connectivity index (χ4v) is 1.46. The van der Waals surface area contributed by atoms with Gasteiger partial charge >= 0.3 is 5.97 Å². The average molecular weight is 239 g/mol. The number of hydrogen-bond donors (Lipinski definition) is 0. The quantitative estimate of drug-likeness (QED) is 0.394. The Kier molecular flexibility index (Phi) is 4.87. The lowest BCUT2D eigenvalue weighted by atomic mass is 10.3. The maximum absolute atomic E-state index is 11.5. The molecular formula is C12H17NO4. The zero-order valence-corrected chi connectivity index (χ0v) is 10.2. The molecule has 0 N–H and O–H groups in total. The molecule has 2 amide bonds. The van der Waals surface area contributed by atoms with Gasteiger partial charge in [0.05, 0.1) is 13.0 Å². The monoisotopic (exact) mass is 239 g/mol. The number of esters is 1. The predicted molar refractivity (Wildman–Crippen MR) is 61.0 cm³/mol. The van der Waals surface area contributed by atoms with Crippen molar-refractivity contribution in [3.05, 3.63) is 11.6 Å². The summed E-state index contributed by atoms with van der Waals surface area (Å²) in [4.78, 5) is 35.2. The number of nitrogens with zero attached hydrogens (tertiary/aromatic N) is 1. The number of amides is 2. The minimum absolute atomic E-state index is 0.0579. The van der Waals surface area contributed by atoms with Gasteiger partial charge in [-0.2, -0.15) is 0 Å². The van der Waals surface area contributed by atoms with Crippen LogP contribution < -0.4 is 0 Å². The first kappa shape index (κ1) is 13.4. The fourth-order valence-electron chi connectivity index (χ4n) is 1.46. The molecule has 0 atom stereocenters. The van der Waals surface area contributed by atoms with Crippen LogP contribution in [-0.4, -0.2) is 35.8 Å². The largest absolute Gasteiger partial charge is 0.466 e. The van der Waals surface area contributed by atoms with E-state index in [1.807, 2.05) is 6.92 Å². The molecule has 0 aromatic rings. The first-order valence-electron chi connectivity index (χ1n) is 5.76. The molecule has 1 aliphatic rings. The highest BCUT2D eigenvalue weighted by Gasteiger charge is 2.28. The van der Waals surface area contributed by atoms with Crippen molar-refractivity contribution < 1.29 is 19.1 Å². The van der Waals surface area contributed by atoms with Gasteiger partial charge in [-0.1, -0.05) is 13.3 Å². The summed E-state index contributed by atoms with van der Waals surface area (Å²) in [5, 5.41) is 0. The molecule has 0 aromatic carbocycles. The van der Waals surface area contributed by atoms with E-state index in [0.29, 0.717) is 12.2 Å². The van der Waals surface area contributed by atoms with Crippen LogP contribution in [0.1, 0.15) is 33.1 Å². The number of imide groups is 1. The number of rotatable bonds is 6. The molecule has 17 heavy (non-hydrogen) atoms. The third-order valence-electron chi connectivity index (χ3n) is 2.49. The van der Waals surface area contributed by atoms with Crippen LogP contribution in [0.4, 0.5) is 0 Å². The summed E-state index contributed by atoms with van der Waals surface area (Å²) < 4.78 is 4.93. The van der Waals surface area contributed by atoms with E-state index in [0.717, 1.165) is 17.7 Å². The van der Waals surface area contributed by atoms with Crippen LogP contribution in [0.15, 0.2) is 11.6 Å². The van der Waals surface area contributed by atoms with Crippen LogP contribution in [0.5, 0.6) is 0 Å². The molecule has 0 unspecified atom stereocenters. The molecule has 0 aliphatic carbocycles. The maximum atomic E-state index is 11.5. The number of unbranched alkanes of at least 4 members (excludes halogenated alkanes) is 1. The molecule has 0 bridgehead atoms. The van der Waals surface area contributed by atoms with Crippen molar-refractivity contribution in [2.75, 3.05) is 13.2 Å².